The summed E-state index contributed by atoms with van der Waals surface area (Å²) in [5.41, 5.74) is 3.02. The first-order valence-corrected chi connectivity index (χ1v) is 12.5. The zero-order valence-electron chi connectivity index (χ0n) is 19.8. The summed E-state index contributed by atoms with van der Waals surface area (Å²) in [5.74, 6) is -0.757. The standard InChI is InChI=1S/C30H36F2O/c1-2-3-4-5-6-7-8-9-10-11-23-33-27-21-19-25(20-22-27)24-15-17-26(18-16-24)28-13-12-14-29(31)30(28)32/h12-22H,2-11,23H2,1H3. The van der Waals surface area contributed by atoms with Crippen molar-refractivity contribution in [3.63, 3.8) is 0 Å². The van der Waals surface area contributed by atoms with Crippen molar-refractivity contribution in [1.82, 2.24) is 0 Å². The van der Waals surface area contributed by atoms with Gasteiger partial charge >= 0.3 is 0 Å². The van der Waals surface area contributed by atoms with Crippen molar-refractivity contribution in [3.8, 4) is 28.0 Å². The molecule has 0 heterocycles. The number of hydrogen-bond donors (Lipinski definition) is 0. The third kappa shape index (κ3) is 7.99. The highest BCUT2D eigenvalue weighted by molar-refractivity contribution is 5.71. The number of rotatable bonds is 14. The predicted octanol–water partition coefficient (Wildman–Crippen LogP) is 9.60. The Balaban J connectivity index is 1.38. The van der Waals surface area contributed by atoms with Gasteiger partial charge in [-0.15, -0.1) is 0 Å². The smallest absolute Gasteiger partial charge is 0.166 e. The molecule has 0 fully saturated rings. The van der Waals surface area contributed by atoms with Gasteiger partial charge in [-0.25, -0.2) is 8.78 Å². The van der Waals surface area contributed by atoms with E-state index in [1.807, 2.05) is 48.5 Å². The molecule has 0 aliphatic heterocycles. The molecule has 3 heteroatoms. The first-order valence-electron chi connectivity index (χ1n) is 12.5. The number of hydrogen-bond acceptors (Lipinski definition) is 1. The van der Waals surface area contributed by atoms with Gasteiger partial charge < -0.3 is 4.74 Å². The second kappa shape index (κ2) is 13.8. The SMILES string of the molecule is CCCCCCCCCCCCOc1ccc(-c2ccc(-c3cccc(F)c3F)cc2)cc1. The summed E-state index contributed by atoms with van der Waals surface area (Å²) in [5, 5.41) is 0. The van der Waals surface area contributed by atoms with Crippen LogP contribution in [0.25, 0.3) is 22.3 Å². The van der Waals surface area contributed by atoms with Gasteiger partial charge in [0.2, 0.25) is 0 Å². The average Bonchev–Trinajstić information content (AvgIpc) is 2.85. The van der Waals surface area contributed by atoms with Gasteiger partial charge in [0, 0.05) is 5.56 Å². The molecule has 0 N–H and O–H groups in total. The summed E-state index contributed by atoms with van der Waals surface area (Å²) >= 11 is 0. The molecule has 0 bridgehead atoms. The molecule has 0 unspecified atom stereocenters. The second-order valence-electron chi connectivity index (χ2n) is 8.73. The van der Waals surface area contributed by atoms with Crippen molar-refractivity contribution in [2.75, 3.05) is 6.61 Å². The number of unbranched alkanes of at least 4 members (excludes halogenated alkanes) is 9. The molecule has 0 atom stereocenters. The zero-order valence-corrected chi connectivity index (χ0v) is 19.8. The van der Waals surface area contributed by atoms with Crippen LogP contribution in [0.3, 0.4) is 0 Å². The summed E-state index contributed by atoms with van der Waals surface area (Å²) in [4.78, 5) is 0. The molecule has 176 valence electrons. The maximum Gasteiger partial charge on any atom is 0.166 e. The molecule has 0 amide bonds. The normalized spacial score (nSPS) is 11.0. The van der Waals surface area contributed by atoms with Crippen LogP contribution in [0.4, 0.5) is 8.78 Å². The minimum absolute atomic E-state index is 0.275. The maximum absolute atomic E-state index is 14.0. The molecule has 33 heavy (non-hydrogen) atoms. The van der Waals surface area contributed by atoms with Crippen LogP contribution in [-0.4, -0.2) is 6.61 Å². The highest BCUT2D eigenvalue weighted by Crippen LogP contribution is 2.28. The Hall–Kier alpha value is -2.68. The quantitative estimate of drug-likeness (QED) is 0.222. The average molecular weight is 451 g/mol. The lowest BCUT2D eigenvalue weighted by molar-refractivity contribution is 0.304. The minimum Gasteiger partial charge on any atom is -0.494 e. The molecule has 0 aliphatic rings. The largest absolute Gasteiger partial charge is 0.494 e. The molecular formula is C30H36F2O. The highest BCUT2D eigenvalue weighted by atomic mass is 19.2. The lowest BCUT2D eigenvalue weighted by atomic mass is 10.00. The first kappa shape index (κ1) is 25.0. The van der Waals surface area contributed by atoms with Crippen LogP contribution in [0, 0.1) is 11.6 Å². The fourth-order valence-electron chi connectivity index (χ4n) is 4.09. The molecule has 0 aromatic heterocycles. The van der Waals surface area contributed by atoms with Crippen molar-refractivity contribution < 1.29 is 13.5 Å². The number of benzene rings is 3. The first-order chi connectivity index (χ1) is 16.2. The Bertz CT molecular complexity index is 948. The summed E-state index contributed by atoms with van der Waals surface area (Å²) in [6, 6.07) is 19.8. The zero-order chi connectivity index (χ0) is 23.3. The van der Waals surface area contributed by atoms with Gasteiger partial charge in [-0.2, -0.15) is 0 Å². The van der Waals surface area contributed by atoms with Crippen molar-refractivity contribution in [2.24, 2.45) is 0 Å². The number of ether oxygens (including phenoxy) is 1. The summed E-state index contributed by atoms with van der Waals surface area (Å²) in [6.07, 6.45) is 13.2. The van der Waals surface area contributed by atoms with Gasteiger partial charge in [-0.05, 0) is 41.3 Å². The van der Waals surface area contributed by atoms with Crippen LogP contribution in [0.5, 0.6) is 5.75 Å². The topological polar surface area (TPSA) is 9.23 Å². The summed E-state index contributed by atoms with van der Waals surface area (Å²) in [6.45, 7) is 3.01. The molecule has 0 saturated heterocycles. The van der Waals surface area contributed by atoms with E-state index in [1.54, 1.807) is 6.07 Å². The molecule has 0 radical (unpaired) electrons. The van der Waals surface area contributed by atoms with Crippen LogP contribution in [0.1, 0.15) is 71.1 Å². The van der Waals surface area contributed by atoms with Crippen LogP contribution < -0.4 is 4.74 Å². The molecule has 1 nitrogen and oxygen atoms in total. The Morgan fingerprint density at radius 3 is 1.70 bits per heavy atom. The van der Waals surface area contributed by atoms with Crippen LogP contribution >= 0.6 is 0 Å². The van der Waals surface area contributed by atoms with Gasteiger partial charge in [-0.1, -0.05) is 113 Å². The van der Waals surface area contributed by atoms with Crippen molar-refractivity contribution in [1.29, 1.82) is 0 Å². The lowest BCUT2D eigenvalue weighted by Gasteiger charge is -2.09. The fourth-order valence-corrected chi connectivity index (χ4v) is 4.09. The molecule has 0 saturated carbocycles. The molecule has 0 aliphatic carbocycles. The van der Waals surface area contributed by atoms with E-state index >= 15 is 0 Å². The third-order valence-electron chi connectivity index (χ3n) is 6.10. The van der Waals surface area contributed by atoms with E-state index in [4.69, 9.17) is 4.74 Å². The van der Waals surface area contributed by atoms with Gasteiger partial charge in [0.15, 0.2) is 11.6 Å². The molecule has 0 spiro atoms. The second-order valence-corrected chi connectivity index (χ2v) is 8.73. The molecule has 3 aromatic carbocycles. The molecule has 3 aromatic rings. The van der Waals surface area contributed by atoms with Crippen molar-refractivity contribution >= 4 is 0 Å². The lowest BCUT2D eigenvalue weighted by Crippen LogP contribution is -1.97. The highest BCUT2D eigenvalue weighted by Gasteiger charge is 2.09. The minimum atomic E-state index is -0.829. The van der Waals surface area contributed by atoms with E-state index in [0.717, 1.165) is 36.0 Å². The Labute approximate surface area is 197 Å². The molecule has 3 rings (SSSR count). The Morgan fingerprint density at radius 1 is 0.576 bits per heavy atom. The van der Waals surface area contributed by atoms with Gasteiger partial charge in [0.05, 0.1) is 6.61 Å². The predicted molar refractivity (Wildman–Crippen MR) is 135 cm³/mol. The fraction of sp³-hybridized carbons (Fsp3) is 0.400. The van der Waals surface area contributed by atoms with Crippen molar-refractivity contribution in [3.05, 3.63) is 78.4 Å². The van der Waals surface area contributed by atoms with Gasteiger partial charge in [0.1, 0.15) is 5.75 Å². The van der Waals surface area contributed by atoms with Crippen LogP contribution in [-0.2, 0) is 0 Å². The van der Waals surface area contributed by atoms with E-state index in [2.05, 4.69) is 6.92 Å². The van der Waals surface area contributed by atoms with E-state index in [-0.39, 0.29) is 5.56 Å². The van der Waals surface area contributed by atoms with E-state index in [0.29, 0.717) is 5.56 Å². The van der Waals surface area contributed by atoms with E-state index in [1.165, 1.54) is 63.9 Å². The molecular weight excluding hydrogens is 414 g/mol. The Kier molecular flexibility index (Phi) is 10.4. The number of halogens is 2. The summed E-state index contributed by atoms with van der Waals surface area (Å²) in [7, 11) is 0. The van der Waals surface area contributed by atoms with Gasteiger partial charge in [-0.3, -0.25) is 0 Å². The van der Waals surface area contributed by atoms with Crippen LogP contribution in [0.2, 0.25) is 0 Å². The monoisotopic (exact) mass is 450 g/mol. The third-order valence-corrected chi connectivity index (χ3v) is 6.10. The summed E-state index contributed by atoms with van der Waals surface area (Å²) < 4.78 is 33.4. The Morgan fingerprint density at radius 2 is 1.09 bits per heavy atom. The van der Waals surface area contributed by atoms with Gasteiger partial charge in [0.25, 0.3) is 0 Å². The van der Waals surface area contributed by atoms with E-state index in [9.17, 15) is 8.78 Å². The van der Waals surface area contributed by atoms with E-state index < -0.39 is 11.6 Å². The van der Waals surface area contributed by atoms with Crippen molar-refractivity contribution in [2.45, 2.75) is 71.1 Å². The van der Waals surface area contributed by atoms with Crippen LogP contribution in [0.15, 0.2) is 66.7 Å². The maximum atomic E-state index is 14.0.